The van der Waals surface area contributed by atoms with Crippen LogP contribution in [0.2, 0.25) is 0 Å². The normalized spacial score (nSPS) is 45.3. The molecule has 3 aliphatic rings. The van der Waals surface area contributed by atoms with E-state index in [0.717, 1.165) is 6.92 Å². The van der Waals surface area contributed by atoms with Crippen LogP contribution in [0.3, 0.4) is 0 Å². The Hall–Kier alpha value is -1.70. The van der Waals surface area contributed by atoms with E-state index in [0.29, 0.717) is 0 Å². The molecule has 43 heavy (non-hydrogen) atoms. The lowest BCUT2D eigenvalue weighted by atomic mass is 9.88. The number of carbonyl (C=O) groups is 2. The fourth-order valence-electron chi connectivity index (χ4n) is 5.16. The number of carboxylic acid groups (broad SMARTS) is 1. The van der Waals surface area contributed by atoms with Crippen molar-refractivity contribution in [3.05, 3.63) is 0 Å². The van der Waals surface area contributed by atoms with Gasteiger partial charge < -0.3 is 90.3 Å². The summed E-state index contributed by atoms with van der Waals surface area (Å²) in [6.07, 6.45) is -27.8. The molecule has 0 spiro atoms. The van der Waals surface area contributed by atoms with E-state index in [1.807, 2.05) is 0 Å². The van der Waals surface area contributed by atoms with Crippen LogP contribution in [0.5, 0.6) is 0 Å². The molecule has 3 heterocycles. The van der Waals surface area contributed by atoms with E-state index in [1.165, 1.54) is 0 Å². The molecule has 0 saturated carbocycles. The quantitative estimate of drug-likeness (QED) is 0.100. The first-order chi connectivity index (χ1) is 20.1. The molecule has 0 bridgehead atoms. The molecule has 20 heteroatoms. The number of ether oxygens (including phenoxy) is 5. The number of carbonyl (C=O) groups excluding carboxylic acids is 1. The van der Waals surface area contributed by atoms with Crippen molar-refractivity contribution >= 4 is 11.9 Å². The predicted molar refractivity (Wildman–Crippen MR) is 130 cm³/mol. The van der Waals surface area contributed by atoms with Gasteiger partial charge in [-0.15, -0.1) is 0 Å². The number of rotatable bonds is 11. The molecule has 16 atom stereocenters. The minimum Gasteiger partial charge on any atom is -0.477 e. The highest BCUT2D eigenvalue weighted by atomic mass is 16.8. The number of nitrogens with one attached hydrogen (secondary N) is 1. The van der Waals surface area contributed by atoms with Crippen LogP contribution in [0.25, 0.3) is 0 Å². The molecule has 0 aromatic rings. The Bertz CT molecular complexity index is 942. The maximum atomic E-state index is 12.5. The SMILES string of the molecule is CC(=O)N[C@H]1[C@H]([C@H](O)[C@@H](O)CO)O[C@@](O[C@H]2[C@@H](O)[C@@H](CO)O[C@@H](O[C@H]3[C@H](O)[C@@H](O)[C@H](O)O[C@@H]3CO)[C@@H]2O)(C(=O)O)C[C@@H]1O. The smallest absolute Gasteiger partial charge is 0.364 e. The lowest BCUT2D eigenvalue weighted by molar-refractivity contribution is -0.385. The van der Waals surface area contributed by atoms with E-state index in [-0.39, 0.29) is 0 Å². The minimum atomic E-state index is -3.02. The summed E-state index contributed by atoms with van der Waals surface area (Å²) in [4.78, 5) is 24.3. The van der Waals surface area contributed by atoms with Crippen molar-refractivity contribution in [1.29, 1.82) is 0 Å². The molecule has 3 saturated heterocycles. The van der Waals surface area contributed by atoms with Crippen LogP contribution in [0, 0.1) is 0 Å². The van der Waals surface area contributed by atoms with Gasteiger partial charge in [-0.1, -0.05) is 0 Å². The molecule has 13 N–H and O–H groups in total. The largest absolute Gasteiger partial charge is 0.477 e. The molecule has 1 amide bonds. The maximum absolute atomic E-state index is 12.5. The summed E-state index contributed by atoms with van der Waals surface area (Å²) >= 11 is 0. The Morgan fingerprint density at radius 3 is 2.07 bits per heavy atom. The fourth-order valence-corrected chi connectivity index (χ4v) is 5.16. The van der Waals surface area contributed by atoms with Gasteiger partial charge in [-0.05, 0) is 0 Å². The molecule has 0 aromatic carbocycles. The van der Waals surface area contributed by atoms with Crippen LogP contribution < -0.4 is 5.32 Å². The van der Waals surface area contributed by atoms with Gasteiger partial charge in [0.05, 0.1) is 32.0 Å². The standard InChI is InChI=1S/C23H39NO19/c1-6(28)24-11-7(29)2-23(22(37)38,42-18(11)12(31)8(30)3-25)43-19-13(32)9(4-26)40-21(16(19)35)41-17-10(5-27)39-20(36)15(34)14(17)33/h7-21,25-27,29-36H,2-5H2,1H3,(H,24,28)(H,37,38)/t7-,8-,9+,10+,11+,12+,13-,14+,15+,16+,17+,18+,19-,20+,21-,23-/m0/s1. The fraction of sp³-hybridized carbons (Fsp3) is 0.913. The van der Waals surface area contributed by atoms with Crippen molar-refractivity contribution in [3.8, 4) is 0 Å². The zero-order valence-corrected chi connectivity index (χ0v) is 22.7. The van der Waals surface area contributed by atoms with E-state index in [1.54, 1.807) is 0 Å². The van der Waals surface area contributed by atoms with Gasteiger partial charge in [0.25, 0.3) is 5.79 Å². The van der Waals surface area contributed by atoms with E-state index >= 15 is 0 Å². The first-order valence-electron chi connectivity index (χ1n) is 13.2. The van der Waals surface area contributed by atoms with E-state index in [9.17, 15) is 70.9 Å². The molecule has 0 unspecified atom stereocenters. The summed E-state index contributed by atoms with van der Waals surface area (Å²) in [5.74, 6) is -5.74. The second kappa shape index (κ2) is 14.6. The molecule has 3 aliphatic heterocycles. The number of aliphatic carboxylic acids is 1. The van der Waals surface area contributed by atoms with E-state index in [4.69, 9.17) is 23.7 Å². The predicted octanol–water partition coefficient (Wildman–Crippen LogP) is -8.22. The summed E-state index contributed by atoms with van der Waals surface area (Å²) in [7, 11) is 0. The van der Waals surface area contributed by atoms with Gasteiger partial charge in [0.1, 0.15) is 67.1 Å². The average Bonchev–Trinajstić information content (AvgIpc) is 2.96. The lowest BCUT2D eigenvalue weighted by Crippen LogP contribution is -2.70. The highest BCUT2D eigenvalue weighted by Crippen LogP contribution is 2.38. The third-order valence-corrected chi connectivity index (χ3v) is 7.47. The average molecular weight is 634 g/mol. The minimum absolute atomic E-state index is 0.749. The van der Waals surface area contributed by atoms with E-state index in [2.05, 4.69) is 5.32 Å². The number of aliphatic hydroxyl groups is 11. The number of carboxylic acids is 1. The van der Waals surface area contributed by atoms with Crippen molar-refractivity contribution in [2.45, 2.75) is 111 Å². The Kier molecular flexibility index (Phi) is 12.1. The van der Waals surface area contributed by atoms with Crippen molar-refractivity contribution in [2.75, 3.05) is 19.8 Å². The van der Waals surface area contributed by atoms with Crippen LogP contribution in [0.15, 0.2) is 0 Å². The van der Waals surface area contributed by atoms with E-state index < -0.39 is 136 Å². The number of amides is 1. The highest BCUT2D eigenvalue weighted by molar-refractivity contribution is 5.76. The zero-order valence-electron chi connectivity index (χ0n) is 22.7. The topological polar surface area (TPSA) is 335 Å². The molecule has 0 aliphatic carbocycles. The van der Waals surface area contributed by atoms with Crippen LogP contribution >= 0.6 is 0 Å². The summed E-state index contributed by atoms with van der Waals surface area (Å²) in [6.45, 7) is -1.85. The second-order valence-electron chi connectivity index (χ2n) is 10.5. The molecule has 20 nitrogen and oxygen atoms in total. The van der Waals surface area contributed by atoms with Gasteiger partial charge in [0.2, 0.25) is 5.91 Å². The first kappa shape index (κ1) is 35.8. The summed E-state index contributed by atoms with van der Waals surface area (Å²) in [5, 5.41) is 124. The second-order valence-corrected chi connectivity index (χ2v) is 10.5. The number of aliphatic hydroxyl groups excluding tert-OH is 11. The van der Waals surface area contributed by atoms with Gasteiger partial charge in [-0.2, -0.15) is 0 Å². The summed E-state index contributed by atoms with van der Waals surface area (Å²) in [6, 6.07) is -1.54. The Labute approximate surface area is 243 Å². The van der Waals surface area contributed by atoms with Crippen molar-refractivity contribution in [3.63, 3.8) is 0 Å². The van der Waals surface area contributed by atoms with Crippen molar-refractivity contribution in [2.24, 2.45) is 0 Å². The van der Waals surface area contributed by atoms with Crippen molar-refractivity contribution in [1.82, 2.24) is 5.32 Å². The monoisotopic (exact) mass is 633 g/mol. The lowest BCUT2D eigenvalue weighted by Gasteiger charge is -2.50. The van der Waals surface area contributed by atoms with Gasteiger partial charge in [0, 0.05) is 13.3 Å². The molecule has 250 valence electrons. The van der Waals surface area contributed by atoms with Crippen molar-refractivity contribution < 1.29 is 94.6 Å². The van der Waals surface area contributed by atoms with Gasteiger partial charge >= 0.3 is 5.97 Å². The molecular weight excluding hydrogens is 594 g/mol. The molecule has 0 aromatic heterocycles. The van der Waals surface area contributed by atoms with Gasteiger partial charge in [-0.25, -0.2) is 4.79 Å². The first-order valence-corrected chi connectivity index (χ1v) is 13.2. The third kappa shape index (κ3) is 7.41. The zero-order chi connectivity index (χ0) is 32.4. The van der Waals surface area contributed by atoms with Crippen LogP contribution in [-0.2, 0) is 33.3 Å². The molecular formula is C23H39NO19. The van der Waals surface area contributed by atoms with Crippen LogP contribution in [-0.4, -0.2) is 191 Å². The Morgan fingerprint density at radius 2 is 1.53 bits per heavy atom. The third-order valence-electron chi connectivity index (χ3n) is 7.47. The summed E-state index contributed by atoms with van der Waals surface area (Å²) in [5.41, 5.74) is 0. The van der Waals surface area contributed by atoms with Gasteiger partial charge in [-0.3, -0.25) is 4.79 Å². The summed E-state index contributed by atoms with van der Waals surface area (Å²) < 4.78 is 26.8. The van der Waals surface area contributed by atoms with Gasteiger partial charge in [0.15, 0.2) is 12.6 Å². The van der Waals surface area contributed by atoms with Crippen LogP contribution in [0.4, 0.5) is 0 Å². The Balaban J connectivity index is 1.94. The molecule has 0 radical (unpaired) electrons. The number of hydrogen-bond donors (Lipinski definition) is 13. The Morgan fingerprint density at radius 1 is 0.907 bits per heavy atom. The van der Waals surface area contributed by atoms with Crippen LogP contribution in [0.1, 0.15) is 13.3 Å². The number of hydrogen-bond acceptors (Lipinski definition) is 18. The highest BCUT2D eigenvalue weighted by Gasteiger charge is 2.60. The molecule has 3 fully saturated rings. The maximum Gasteiger partial charge on any atom is 0.364 e. The molecule has 3 rings (SSSR count).